The van der Waals surface area contributed by atoms with Gasteiger partial charge in [0.15, 0.2) is 5.11 Å². The molecule has 0 radical (unpaired) electrons. The van der Waals surface area contributed by atoms with Crippen LogP contribution in [-0.2, 0) is 17.9 Å². The molecule has 3 rings (SSSR count). The van der Waals surface area contributed by atoms with Gasteiger partial charge in [0.2, 0.25) is 0 Å². The molecule has 7 heteroatoms. The number of aromatic nitrogens is 2. The summed E-state index contributed by atoms with van der Waals surface area (Å²) in [6.07, 6.45) is 5.27. The molecule has 0 unspecified atom stereocenters. The zero-order chi connectivity index (χ0) is 15.7. The van der Waals surface area contributed by atoms with Crippen LogP contribution >= 0.6 is 12.2 Å². The molecular formula is C15H16N4O2S. The van der Waals surface area contributed by atoms with Crippen LogP contribution in [0.3, 0.4) is 0 Å². The van der Waals surface area contributed by atoms with Crippen molar-refractivity contribution in [2.75, 3.05) is 0 Å². The minimum atomic E-state index is -0.162. The fourth-order valence-electron chi connectivity index (χ4n) is 2.27. The molecule has 0 aromatic carbocycles. The molecule has 1 aliphatic heterocycles. The van der Waals surface area contributed by atoms with E-state index in [0.717, 1.165) is 17.8 Å². The maximum Gasteiger partial charge on any atom is 0.276 e. The van der Waals surface area contributed by atoms with Crippen LogP contribution in [0.4, 0.5) is 0 Å². The van der Waals surface area contributed by atoms with Crippen molar-refractivity contribution >= 4 is 29.3 Å². The lowest BCUT2D eigenvalue weighted by atomic mass is 10.2. The number of carbonyl (C=O) groups is 1. The van der Waals surface area contributed by atoms with Crippen LogP contribution in [0, 0.1) is 6.92 Å². The lowest BCUT2D eigenvalue weighted by Crippen LogP contribution is -2.29. The molecule has 0 aliphatic carbocycles. The molecular weight excluding hydrogens is 300 g/mol. The summed E-state index contributed by atoms with van der Waals surface area (Å²) in [5, 5.41) is 7.71. The van der Waals surface area contributed by atoms with Gasteiger partial charge < -0.3 is 9.73 Å². The Hall–Kier alpha value is -2.41. The molecule has 114 valence electrons. The molecule has 2 aromatic heterocycles. The zero-order valence-corrected chi connectivity index (χ0v) is 13.2. The summed E-state index contributed by atoms with van der Waals surface area (Å²) in [5.41, 5.74) is 2.23. The Morgan fingerprint density at radius 1 is 1.50 bits per heavy atom. The predicted molar refractivity (Wildman–Crippen MR) is 85.6 cm³/mol. The molecule has 3 heterocycles. The van der Waals surface area contributed by atoms with E-state index in [1.165, 1.54) is 4.90 Å². The second-order valence-corrected chi connectivity index (χ2v) is 5.37. The average molecular weight is 316 g/mol. The van der Waals surface area contributed by atoms with Gasteiger partial charge in [0.05, 0.1) is 18.5 Å². The maximum absolute atomic E-state index is 12.5. The SMILES string of the molecule is CCn1cc(/C=C2/NC(=S)N(Cc3ccco3)C2=O)c(C)n1. The monoisotopic (exact) mass is 316 g/mol. The highest BCUT2D eigenvalue weighted by atomic mass is 32.1. The van der Waals surface area contributed by atoms with E-state index in [1.54, 1.807) is 18.4 Å². The fourth-order valence-corrected chi connectivity index (χ4v) is 2.52. The van der Waals surface area contributed by atoms with Crippen molar-refractivity contribution in [3.8, 4) is 0 Å². The third-order valence-electron chi connectivity index (χ3n) is 3.46. The summed E-state index contributed by atoms with van der Waals surface area (Å²) in [5.74, 6) is 0.527. The van der Waals surface area contributed by atoms with Crippen molar-refractivity contribution in [1.82, 2.24) is 20.0 Å². The van der Waals surface area contributed by atoms with Crippen molar-refractivity contribution in [1.29, 1.82) is 0 Å². The van der Waals surface area contributed by atoms with E-state index in [1.807, 2.05) is 30.8 Å². The standard InChI is InChI=1S/C15H16N4O2S/c1-3-18-8-11(10(2)17-18)7-13-14(20)19(15(22)16-13)9-12-5-4-6-21-12/h4-8H,3,9H2,1-2H3,(H,16,22)/b13-7+. The molecule has 22 heavy (non-hydrogen) atoms. The van der Waals surface area contributed by atoms with Gasteiger partial charge in [-0.2, -0.15) is 5.10 Å². The van der Waals surface area contributed by atoms with Gasteiger partial charge in [0, 0.05) is 18.3 Å². The van der Waals surface area contributed by atoms with Gasteiger partial charge in [-0.15, -0.1) is 0 Å². The highest BCUT2D eigenvalue weighted by molar-refractivity contribution is 7.80. The third kappa shape index (κ3) is 2.67. The number of nitrogens with zero attached hydrogens (tertiary/aromatic N) is 3. The Kier molecular flexibility index (Phi) is 3.81. The predicted octanol–water partition coefficient (Wildman–Crippen LogP) is 2.06. The van der Waals surface area contributed by atoms with Gasteiger partial charge in [-0.3, -0.25) is 14.4 Å². The van der Waals surface area contributed by atoms with Crippen LogP contribution in [-0.4, -0.2) is 25.7 Å². The van der Waals surface area contributed by atoms with E-state index >= 15 is 0 Å². The third-order valence-corrected chi connectivity index (χ3v) is 3.79. The van der Waals surface area contributed by atoms with Crippen LogP contribution < -0.4 is 5.32 Å². The number of furan rings is 1. The van der Waals surface area contributed by atoms with E-state index in [4.69, 9.17) is 16.6 Å². The van der Waals surface area contributed by atoms with Gasteiger partial charge in [-0.1, -0.05) is 0 Å². The van der Waals surface area contributed by atoms with Crippen LogP contribution in [0.1, 0.15) is 23.9 Å². The summed E-state index contributed by atoms with van der Waals surface area (Å²) in [7, 11) is 0. The topological polar surface area (TPSA) is 63.3 Å². The first-order valence-electron chi connectivity index (χ1n) is 6.99. The van der Waals surface area contributed by atoms with Gasteiger partial charge in [-0.25, -0.2) is 0 Å². The minimum absolute atomic E-state index is 0.162. The summed E-state index contributed by atoms with van der Waals surface area (Å²) >= 11 is 5.24. The number of carbonyl (C=O) groups excluding carboxylic acids is 1. The van der Waals surface area contributed by atoms with Crippen LogP contribution in [0.15, 0.2) is 34.7 Å². The Labute approximate surface area is 133 Å². The Bertz CT molecular complexity index is 746. The maximum atomic E-state index is 12.5. The van der Waals surface area contributed by atoms with Crippen molar-refractivity contribution in [2.24, 2.45) is 0 Å². The van der Waals surface area contributed by atoms with Crippen LogP contribution in [0.5, 0.6) is 0 Å². The Morgan fingerprint density at radius 3 is 2.95 bits per heavy atom. The van der Waals surface area contributed by atoms with E-state index in [0.29, 0.717) is 23.1 Å². The number of amides is 1. The van der Waals surface area contributed by atoms with E-state index in [-0.39, 0.29) is 5.91 Å². The molecule has 0 spiro atoms. The van der Waals surface area contributed by atoms with Crippen LogP contribution in [0.2, 0.25) is 0 Å². The molecule has 1 saturated heterocycles. The van der Waals surface area contributed by atoms with E-state index < -0.39 is 0 Å². The van der Waals surface area contributed by atoms with Gasteiger partial charge in [0.25, 0.3) is 5.91 Å². The van der Waals surface area contributed by atoms with Gasteiger partial charge in [0.1, 0.15) is 11.5 Å². The lowest BCUT2D eigenvalue weighted by molar-refractivity contribution is -0.122. The van der Waals surface area contributed by atoms with Crippen molar-refractivity contribution in [3.63, 3.8) is 0 Å². The summed E-state index contributed by atoms with van der Waals surface area (Å²) < 4.78 is 7.10. The number of thiocarbonyl (C=S) groups is 1. The normalized spacial score (nSPS) is 16.6. The summed E-state index contributed by atoms with van der Waals surface area (Å²) in [6.45, 7) is 5.04. The number of hydrogen-bond acceptors (Lipinski definition) is 4. The molecule has 1 amide bonds. The smallest absolute Gasteiger partial charge is 0.276 e. The molecule has 2 aromatic rings. The molecule has 0 atom stereocenters. The largest absolute Gasteiger partial charge is 0.467 e. The molecule has 1 aliphatic rings. The van der Waals surface area contributed by atoms with Crippen molar-refractivity contribution in [3.05, 3.63) is 47.3 Å². The first-order chi connectivity index (χ1) is 10.6. The Morgan fingerprint density at radius 2 is 2.32 bits per heavy atom. The van der Waals surface area contributed by atoms with Gasteiger partial charge in [-0.05, 0) is 44.3 Å². The second-order valence-electron chi connectivity index (χ2n) is 4.98. The van der Waals surface area contributed by atoms with E-state index in [9.17, 15) is 4.79 Å². The summed E-state index contributed by atoms with van der Waals surface area (Å²) in [4.78, 5) is 14.0. The first kappa shape index (κ1) is 14.5. The molecule has 0 bridgehead atoms. The van der Waals surface area contributed by atoms with E-state index in [2.05, 4.69) is 10.4 Å². The quantitative estimate of drug-likeness (QED) is 0.691. The highest BCUT2D eigenvalue weighted by Gasteiger charge is 2.31. The first-order valence-corrected chi connectivity index (χ1v) is 7.40. The van der Waals surface area contributed by atoms with Crippen LogP contribution in [0.25, 0.3) is 6.08 Å². The minimum Gasteiger partial charge on any atom is -0.467 e. The second kappa shape index (κ2) is 5.76. The molecule has 1 fully saturated rings. The molecule has 6 nitrogen and oxygen atoms in total. The lowest BCUT2D eigenvalue weighted by Gasteiger charge is -2.11. The fraction of sp³-hybridized carbons (Fsp3) is 0.267. The van der Waals surface area contributed by atoms with Crippen molar-refractivity contribution < 1.29 is 9.21 Å². The summed E-state index contributed by atoms with van der Waals surface area (Å²) in [6, 6.07) is 3.60. The van der Waals surface area contributed by atoms with Gasteiger partial charge >= 0.3 is 0 Å². The molecule has 1 N–H and O–H groups in total. The number of aryl methyl sites for hydroxylation is 2. The molecule has 0 saturated carbocycles. The zero-order valence-electron chi connectivity index (χ0n) is 12.4. The number of rotatable bonds is 4. The average Bonchev–Trinajstić information content (AvgIpc) is 3.18. The van der Waals surface area contributed by atoms with Crippen molar-refractivity contribution in [2.45, 2.75) is 26.9 Å². The highest BCUT2D eigenvalue weighted by Crippen LogP contribution is 2.18. The number of nitrogens with one attached hydrogen (secondary N) is 1. The number of hydrogen-bond donors (Lipinski definition) is 1. The Balaban J connectivity index is 1.83.